The van der Waals surface area contributed by atoms with Crippen molar-refractivity contribution in [2.45, 2.75) is 20.0 Å². The molecular formula is C11H18N2O4S. The smallest absolute Gasteiger partial charge is 0.304 e. The van der Waals surface area contributed by atoms with Crippen LogP contribution in [-0.4, -0.2) is 36.8 Å². The maximum Gasteiger partial charge on any atom is 0.304 e. The molecular weight excluding hydrogens is 256 g/mol. The van der Waals surface area contributed by atoms with E-state index in [4.69, 9.17) is 4.74 Å². The predicted molar refractivity (Wildman–Crippen MR) is 71.4 cm³/mol. The van der Waals surface area contributed by atoms with Crippen molar-refractivity contribution in [1.29, 1.82) is 0 Å². The lowest BCUT2D eigenvalue weighted by Gasteiger charge is -2.19. The lowest BCUT2D eigenvalue weighted by molar-refractivity contribution is -0.383. The molecule has 0 fully saturated rings. The number of rotatable bonds is 7. The van der Waals surface area contributed by atoms with E-state index in [2.05, 4.69) is 0 Å². The van der Waals surface area contributed by atoms with Gasteiger partial charge in [-0.3, -0.25) is 10.1 Å². The van der Waals surface area contributed by atoms with Crippen molar-refractivity contribution in [2.75, 3.05) is 31.7 Å². The van der Waals surface area contributed by atoms with Crippen LogP contribution >= 0.6 is 11.3 Å². The number of hydrogen-bond acceptors (Lipinski definition) is 6. The van der Waals surface area contributed by atoms with E-state index in [0.29, 0.717) is 29.6 Å². The van der Waals surface area contributed by atoms with Gasteiger partial charge in [0.05, 0.1) is 17.6 Å². The van der Waals surface area contributed by atoms with Gasteiger partial charge in [0.25, 0.3) is 0 Å². The summed E-state index contributed by atoms with van der Waals surface area (Å²) in [5, 5.41) is 21.1. The van der Waals surface area contributed by atoms with E-state index in [1.807, 2.05) is 11.8 Å². The molecule has 1 aromatic rings. The van der Waals surface area contributed by atoms with E-state index in [0.717, 1.165) is 0 Å². The number of nitrogens with zero attached hydrogens (tertiary/aromatic N) is 2. The van der Waals surface area contributed by atoms with Gasteiger partial charge in [-0.2, -0.15) is 0 Å². The Bertz CT molecular complexity index is 406. The summed E-state index contributed by atoms with van der Waals surface area (Å²) in [5.41, 5.74) is 0.0499. The van der Waals surface area contributed by atoms with Crippen molar-refractivity contribution in [3.8, 4) is 0 Å². The monoisotopic (exact) mass is 274 g/mol. The first-order valence-corrected chi connectivity index (χ1v) is 6.53. The number of hydrogen-bond donors (Lipinski definition) is 1. The molecule has 0 saturated heterocycles. The number of aliphatic hydroxyl groups is 1. The molecule has 102 valence electrons. The molecule has 1 heterocycles. The summed E-state index contributed by atoms with van der Waals surface area (Å²) in [7, 11) is 1.60. The molecule has 0 amide bonds. The summed E-state index contributed by atoms with van der Waals surface area (Å²) in [6.07, 6.45) is -0.691. The maximum atomic E-state index is 11.0. The highest BCUT2D eigenvalue weighted by molar-refractivity contribution is 7.16. The second-order valence-corrected chi connectivity index (χ2v) is 4.91. The molecule has 0 radical (unpaired) electrons. The summed E-state index contributed by atoms with van der Waals surface area (Å²) in [4.78, 5) is 13.1. The molecule has 0 bridgehead atoms. The number of methoxy groups -OCH3 is 1. The van der Waals surface area contributed by atoms with Crippen molar-refractivity contribution in [1.82, 2.24) is 0 Å². The third kappa shape index (κ3) is 3.41. The van der Waals surface area contributed by atoms with Crippen LogP contribution in [0.1, 0.15) is 24.8 Å². The summed E-state index contributed by atoms with van der Waals surface area (Å²) < 4.78 is 4.99. The molecule has 0 aliphatic carbocycles. The Balaban J connectivity index is 3.06. The maximum absolute atomic E-state index is 11.0. The van der Waals surface area contributed by atoms with Crippen LogP contribution in [-0.2, 0) is 4.74 Å². The molecule has 1 atom stereocenters. The highest BCUT2D eigenvalue weighted by Gasteiger charge is 2.24. The van der Waals surface area contributed by atoms with Gasteiger partial charge in [-0.05, 0) is 13.8 Å². The molecule has 6 nitrogen and oxygen atoms in total. The molecule has 0 unspecified atom stereocenters. The van der Waals surface area contributed by atoms with Crippen LogP contribution in [0.2, 0.25) is 0 Å². The van der Waals surface area contributed by atoms with Crippen molar-refractivity contribution in [2.24, 2.45) is 0 Å². The highest BCUT2D eigenvalue weighted by Crippen LogP contribution is 2.39. The van der Waals surface area contributed by atoms with Gasteiger partial charge in [0.2, 0.25) is 0 Å². The van der Waals surface area contributed by atoms with Crippen molar-refractivity contribution in [3.05, 3.63) is 21.1 Å². The van der Waals surface area contributed by atoms with Gasteiger partial charge in [0.15, 0.2) is 5.00 Å². The minimum Gasteiger partial charge on any atom is -0.388 e. The van der Waals surface area contributed by atoms with E-state index >= 15 is 0 Å². The second-order valence-electron chi connectivity index (χ2n) is 3.84. The predicted octanol–water partition coefficient (Wildman–Crippen LogP) is 2.18. The van der Waals surface area contributed by atoms with E-state index in [-0.39, 0.29) is 5.69 Å². The standard InChI is InChI=1S/C11H18N2O4S/c1-4-12(5-6-17-3)11-9(13(15)16)7-10(18-11)8(2)14/h7-8,14H,4-6H2,1-3H3/t8-/m0/s1. The summed E-state index contributed by atoms with van der Waals surface area (Å²) in [6, 6.07) is 1.44. The van der Waals surface area contributed by atoms with Crippen LogP contribution in [0.3, 0.4) is 0 Å². The Labute approximate surface area is 110 Å². The molecule has 1 aromatic heterocycles. The largest absolute Gasteiger partial charge is 0.388 e. The average molecular weight is 274 g/mol. The number of anilines is 1. The molecule has 0 aromatic carbocycles. The first-order chi connectivity index (χ1) is 8.51. The summed E-state index contributed by atoms with van der Waals surface area (Å²) >= 11 is 1.26. The van der Waals surface area contributed by atoms with Crippen LogP contribution in [0.15, 0.2) is 6.07 Å². The van der Waals surface area contributed by atoms with Gasteiger partial charge in [0.1, 0.15) is 0 Å². The normalized spacial score (nSPS) is 12.4. The molecule has 0 aliphatic heterocycles. The third-order valence-corrected chi connectivity index (χ3v) is 3.91. The van der Waals surface area contributed by atoms with Crippen LogP contribution in [0.5, 0.6) is 0 Å². The Hall–Kier alpha value is -1.18. The fourth-order valence-corrected chi connectivity index (χ4v) is 2.71. The molecule has 0 spiro atoms. The van der Waals surface area contributed by atoms with Crippen molar-refractivity contribution < 1.29 is 14.8 Å². The minimum atomic E-state index is -0.691. The molecule has 18 heavy (non-hydrogen) atoms. The number of nitro groups is 1. The SMILES string of the molecule is CCN(CCOC)c1sc([C@H](C)O)cc1[N+](=O)[O-]. The molecule has 0 aliphatic rings. The second kappa shape index (κ2) is 6.67. The van der Waals surface area contributed by atoms with Crippen LogP contribution in [0, 0.1) is 10.1 Å². The Morgan fingerprint density at radius 3 is 2.78 bits per heavy atom. The Morgan fingerprint density at radius 2 is 2.33 bits per heavy atom. The average Bonchev–Trinajstić information content (AvgIpc) is 2.75. The van der Waals surface area contributed by atoms with Crippen molar-refractivity contribution >= 4 is 22.0 Å². The highest BCUT2D eigenvalue weighted by atomic mass is 32.1. The van der Waals surface area contributed by atoms with Gasteiger partial charge >= 0.3 is 5.69 Å². The zero-order valence-corrected chi connectivity index (χ0v) is 11.6. The first kappa shape index (κ1) is 14.9. The molecule has 1 rings (SSSR count). The zero-order chi connectivity index (χ0) is 13.7. The van der Waals surface area contributed by atoms with E-state index in [1.165, 1.54) is 17.4 Å². The minimum absolute atomic E-state index is 0.0499. The summed E-state index contributed by atoms with van der Waals surface area (Å²) in [6.45, 7) is 5.29. The van der Waals surface area contributed by atoms with E-state index in [1.54, 1.807) is 14.0 Å². The van der Waals surface area contributed by atoms with E-state index in [9.17, 15) is 15.2 Å². The Kier molecular flexibility index (Phi) is 5.52. The number of thiophene rings is 1. The number of likely N-dealkylation sites (N-methyl/N-ethyl adjacent to an activating group) is 1. The van der Waals surface area contributed by atoms with Gasteiger partial charge in [-0.25, -0.2) is 0 Å². The Morgan fingerprint density at radius 1 is 1.67 bits per heavy atom. The number of aliphatic hydroxyl groups excluding tert-OH is 1. The molecule has 1 N–H and O–H groups in total. The van der Waals surface area contributed by atoms with Gasteiger partial charge < -0.3 is 14.7 Å². The van der Waals surface area contributed by atoms with Gasteiger partial charge in [-0.1, -0.05) is 0 Å². The van der Waals surface area contributed by atoms with Crippen LogP contribution in [0.25, 0.3) is 0 Å². The third-order valence-electron chi connectivity index (χ3n) is 2.56. The number of ether oxygens (including phenoxy) is 1. The van der Waals surface area contributed by atoms with Gasteiger partial charge in [-0.15, -0.1) is 11.3 Å². The molecule has 0 saturated carbocycles. The topological polar surface area (TPSA) is 75.8 Å². The van der Waals surface area contributed by atoms with Crippen LogP contribution < -0.4 is 4.90 Å². The first-order valence-electron chi connectivity index (χ1n) is 5.71. The lowest BCUT2D eigenvalue weighted by Crippen LogP contribution is -2.26. The van der Waals surface area contributed by atoms with Gasteiger partial charge in [0, 0.05) is 31.1 Å². The van der Waals surface area contributed by atoms with Crippen LogP contribution in [0.4, 0.5) is 10.7 Å². The fourth-order valence-electron chi connectivity index (χ4n) is 1.56. The van der Waals surface area contributed by atoms with Crippen molar-refractivity contribution in [3.63, 3.8) is 0 Å². The molecule has 7 heteroatoms. The summed E-state index contributed by atoms with van der Waals surface area (Å²) in [5.74, 6) is 0. The lowest BCUT2D eigenvalue weighted by atomic mass is 10.3. The fraction of sp³-hybridized carbons (Fsp3) is 0.636. The zero-order valence-electron chi connectivity index (χ0n) is 10.8. The quantitative estimate of drug-likeness (QED) is 0.609. The van der Waals surface area contributed by atoms with E-state index < -0.39 is 11.0 Å².